The smallest absolute Gasteiger partial charge is 0.410 e. The number of ether oxygens (including phenoxy) is 3. The number of rotatable bonds is 7. The molecule has 1 aliphatic rings. The van der Waals surface area contributed by atoms with E-state index in [2.05, 4.69) is 0 Å². The van der Waals surface area contributed by atoms with E-state index in [0.717, 1.165) is 16.7 Å². The zero-order valence-corrected chi connectivity index (χ0v) is 18.6. The van der Waals surface area contributed by atoms with Gasteiger partial charge in [0.2, 0.25) is 0 Å². The van der Waals surface area contributed by atoms with Gasteiger partial charge < -0.3 is 19.3 Å². The van der Waals surface area contributed by atoms with Crippen molar-refractivity contribution in [1.82, 2.24) is 4.90 Å². The van der Waals surface area contributed by atoms with Gasteiger partial charge in [-0.2, -0.15) is 0 Å². The lowest BCUT2D eigenvalue weighted by molar-refractivity contribution is -0.139. The molecule has 34 heavy (non-hydrogen) atoms. The van der Waals surface area contributed by atoms with Crippen molar-refractivity contribution < 1.29 is 33.3 Å². The van der Waals surface area contributed by atoms with Gasteiger partial charge in [0.1, 0.15) is 23.9 Å². The minimum Gasteiger partial charge on any atom is -0.497 e. The first-order chi connectivity index (χ1) is 16.5. The third-order valence-electron chi connectivity index (χ3n) is 5.64. The quantitative estimate of drug-likeness (QED) is 0.550. The highest BCUT2D eigenvalue weighted by atomic mass is 19.1. The van der Waals surface area contributed by atoms with Gasteiger partial charge in [-0.25, -0.2) is 14.0 Å². The first-order valence-electron chi connectivity index (χ1n) is 10.7. The topological polar surface area (TPSA) is 85.3 Å². The minimum absolute atomic E-state index is 0.0827. The predicted octanol–water partition coefficient (Wildman–Crippen LogP) is 4.58. The highest BCUT2D eigenvalue weighted by Gasteiger charge is 2.35. The highest BCUT2D eigenvalue weighted by Crippen LogP contribution is 2.41. The van der Waals surface area contributed by atoms with Crippen LogP contribution < -0.4 is 9.47 Å². The average molecular weight is 465 g/mol. The monoisotopic (exact) mass is 465 g/mol. The molecule has 1 atom stereocenters. The minimum atomic E-state index is -1.17. The summed E-state index contributed by atoms with van der Waals surface area (Å²) in [6.07, 6.45) is -0.00700. The molecule has 0 radical (unpaired) electrons. The van der Waals surface area contributed by atoms with E-state index in [1.54, 1.807) is 6.07 Å². The second kappa shape index (κ2) is 10.2. The number of aliphatic carboxylic acids is 1. The molecule has 1 N–H and O–H groups in total. The van der Waals surface area contributed by atoms with Crippen molar-refractivity contribution in [2.24, 2.45) is 0 Å². The summed E-state index contributed by atoms with van der Waals surface area (Å²) >= 11 is 0. The van der Waals surface area contributed by atoms with E-state index in [1.807, 2.05) is 42.5 Å². The Hall–Kier alpha value is -4.07. The first kappa shape index (κ1) is 23.1. The van der Waals surface area contributed by atoms with E-state index in [1.165, 1.54) is 30.2 Å². The molecule has 176 valence electrons. The van der Waals surface area contributed by atoms with Crippen LogP contribution in [0.5, 0.6) is 11.5 Å². The maximum Gasteiger partial charge on any atom is 0.410 e. The van der Waals surface area contributed by atoms with E-state index in [4.69, 9.17) is 19.3 Å². The first-order valence-corrected chi connectivity index (χ1v) is 10.7. The number of carbonyl (C=O) groups is 2. The summed E-state index contributed by atoms with van der Waals surface area (Å²) in [4.78, 5) is 25.8. The predicted molar refractivity (Wildman–Crippen MR) is 121 cm³/mol. The van der Waals surface area contributed by atoms with Gasteiger partial charge in [-0.05, 0) is 53.4 Å². The fraction of sp³-hybridized carbons (Fsp3) is 0.231. The fourth-order valence-corrected chi connectivity index (χ4v) is 4.06. The standard InChI is InChI=1S/C26H24FNO6/c1-32-20-9-7-18-11-12-28(26(31)34-15-17-5-3-2-4-6-17)25(21(18)14-20)22-13-19(27)8-10-23(22)33-16-24(29)30/h2-10,13-14,25H,11-12,15-16H2,1H3,(H,29,30). The third kappa shape index (κ3) is 5.11. The third-order valence-corrected chi connectivity index (χ3v) is 5.64. The number of carboxylic acid groups (broad SMARTS) is 1. The maximum atomic E-state index is 14.4. The Kier molecular flexibility index (Phi) is 6.96. The molecule has 1 aliphatic heterocycles. The molecule has 1 amide bonds. The van der Waals surface area contributed by atoms with E-state index in [0.29, 0.717) is 24.3 Å². The molecule has 3 aromatic carbocycles. The van der Waals surface area contributed by atoms with Crippen LogP contribution in [0.3, 0.4) is 0 Å². The second-order valence-corrected chi connectivity index (χ2v) is 7.82. The number of hydrogen-bond donors (Lipinski definition) is 1. The SMILES string of the molecule is COc1ccc2c(c1)C(c1cc(F)ccc1OCC(=O)O)N(C(=O)OCc1ccccc1)CC2. The number of hydrogen-bond acceptors (Lipinski definition) is 5. The second-order valence-electron chi connectivity index (χ2n) is 7.82. The molecule has 1 unspecified atom stereocenters. The van der Waals surface area contributed by atoms with Crippen LogP contribution in [0.15, 0.2) is 66.7 Å². The van der Waals surface area contributed by atoms with E-state index in [-0.39, 0.29) is 12.4 Å². The van der Waals surface area contributed by atoms with Gasteiger partial charge in [0.25, 0.3) is 0 Å². The van der Waals surface area contributed by atoms with Gasteiger partial charge in [0.15, 0.2) is 6.61 Å². The van der Waals surface area contributed by atoms with Gasteiger partial charge in [-0.3, -0.25) is 4.90 Å². The van der Waals surface area contributed by atoms with Crippen molar-refractivity contribution in [2.45, 2.75) is 19.1 Å². The number of nitrogens with zero attached hydrogens (tertiary/aromatic N) is 1. The lowest BCUT2D eigenvalue weighted by Gasteiger charge is -2.37. The zero-order valence-electron chi connectivity index (χ0n) is 18.6. The van der Waals surface area contributed by atoms with Crippen molar-refractivity contribution in [1.29, 1.82) is 0 Å². The summed E-state index contributed by atoms with van der Waals surface area (Å²) in [5, 5.41) is 9.07. The highest BCUT2D eigenvalue weighted by molar-refractivity contribution is 5.71. The van der Waals surface area contributed by atoms with Crippen molar-refractivity contribution in [2.75, 3.05) is 20.3 Å². The van der Waals surface area contributed by atoms with E-state index < -0.39 is 30.5 Å². The number of fused-ring (bicyclic) bond motifs is 1. The Balaban J connectivity index is 1.74. The molecule has 4 rings (SSSR count). The Morgan fingerprint density at radius 1 is 1.06 bits per heavy atom. The van der Waals surface area contributed by atoms with Crippen LogP contribution in [0.1, 0.15) is 28.3 Å². The molecule has 0 fully saturated rings. The summed E-state index contributed by atoms with van der Waals surface area (Å²) in [5.41, 5.74) is 2.86. The number of amides is 1. The van der Waals surface area contributed by atoms with Crippen LogP contribution in [-0.2, 0) is 22.6 Å². The molecule has 0 bridgehead atoms. The molecule has 0 aromatic heterocycles. The number of carbonyl (C=O) groups excluding carboxylic acids is 1. The molecular weight excluding hydrogens is 441 g/mol. The average Bonchev–Trinajstić information content (AvgIpc) is 2.86. The van der Waals surface area contributed by atoms with Crippen LogP contribution in [0.25, 0.3) is 0 Å². The Labute approximate surface area is 196 Å². The van der Waals surface area contributed by atoms with Crippen LogP contribution in [0.4, 0.5) is 9.18 Å². The van der Waals surface area contributed by atoms with Gasteiger partial charge in [0.05, 0.1) is 13.2 Å². The van der Waals surface area contributed by atoms with Crippen molar-refractivity contribution in [3.8, 4) is 11.5 Å². The Morgan fingerprint density at radius 3 is 2.59 bits per heavy atom. The normalized spacial score (nSPS) is 14.8. The van der Waals surface area contributed by atoms with Crippen LogP contribution in [-0.4, -0.2) is 42.3 Å². The molecule has 0 saturated carbocycles. The fourth-order valence-electron chi connectivity index (χ4n) is 4.06. The number of halogens is 1. The summed E-state index contributed by atoms with van der Waals surface area (Å²) < 4.78 is 30.8. The lowest BCUT2D eigenvalue weighted by atomic mass is 9.87. The van der Waals surface area contributed by atoms with Crippen LogP contribution in [0, 0.1) is 5.82 Å². The van der Waals surface area contributed by atoms with E-state index >= 15 is 0 Å². The summed E-state index contributed by atoms with van der Waals surface area (Å²) in [6, 6.07) is 17.9. The zero-order chi connectivity index (χ0) is 24.1. The molecule has 1 heterocycles. The van der Waals surface area contributed by atoms with Gasteiger partial charge in [-0.15, -0.1) is 0 Å². The number of methoxy groups -OCH3 is 1. The van der Waals surface area contributed by atoms with Crippen LogP contribution in [0.2, 0.25) is 0 Å². The molecule has 8 heteroatoms. The summed E-state index contributed by atoms with van der Waals surface area (Å²) in [6.45, 7) is -0.194. The molecule has 0 saturated heterocycles. The molecule has 3 aromatic rings. The van der Waals surface area contributed by atoms with Gasteiger partial charge in [0, 0.05) is 12.1 Å². The van der Waals surface area contributed by atoms with Gasteiger partial charge >= 0.3 is 12.1 Å². The van der Waals surface area contributed by atoms with Gasteiger partial charge in [-0.1, -0.05) is 36.4 Å². The number of benzene rings is 3. The van der Waals surface area contributed by atoms with Crippen molar-refractivity contribution in [3.63, 3.8) is 0 Å². The van der Waals surface area contributed by atoms with Crippen molar-refractivity contribution in [3.05, 3.63) is 94.8 Å². The number of carboxylic acids is 1. The van der Waals surface area contributed by atoms with E-state index in [9.17, 15) is 14.0 Å². The van der Waals surface area contributed by atoms with Crippen molar-refractivity contribution >= 4 is 12.1 Å². The largest absolute Gasteiger partial charge is 0.497 e. The molecule has 0 aliphatic carbocycles. The molecule has 0 spiro atoms. The molecule has 7 nitrogen and oxygen atoms in total. The summed E-state index contributed by atoms with van der Waals surface area (Å²) in [7, 11) is 1.54. The Morgan fingerprint density at radius 2 is 1.85 bits per heavy atom. The maximum absolute atomic E-state index is 14.4. The summed E-state index contributed by atoms with van der Waals surface area (Å²) in [5.74, 6) is -0.955. The lowest BCUT2D eigenvalue weighted by Crippen LogP contribution is -2.41. The Bertz CT molecular complexity index is 1180. The molecular formula is C26H24FNO6. The van der Waals surface area contributed by atoms with Crippen LogP contribution >= 0.6 is 0 Å².